The molecule has 22 heavy (non-hydrogen) atoms. The summed E-state index contributed by atoms with van der Waals surface area (Å²) in [5.74, 6) is -1.03. The second kappa shape index (κ2) is 6.48. The van der Waals surface area contributed by atoms with Crippen molar-refractivity contribution in [2.75, 3.05) is 25.4 Å². The van der Waals surface area contributed by atoms with Gasteiger partial charge in [-0.05, 0) is 41.1 Å². The van der Waals surface area contributed by atoms with Crippen LogP contribution in [0.25, 0.3) is 0 Å². The lowest BCUT2D eigenvalue weighted by Gasteiger charge is -2.39. The lowest BCUT2D eigenvalue weighted by atomic mass is 10.1. The fourth-order valence-corrected chi connectivity index (χ4v) is 2.94. The Morgan fingerprint density at radius 3 is 2.73 bits per heavy atom. The van der Waals surface area contributed by atoms with Crippen molar-refractivity contribution in [2.24, 2.45) is 0 Å². The Balaban J connectivity index is 2.21. The average molecular weight is 370 g/mol. The number of anilines is 1. The molecule has 2 amide bonds. The molecule has 1 heterocycles. The number of nitrogen functional groups attached to an aromatic ring is 1. The number of carbonyl (C=O) groups excluding carboxylic acids is 2. The van der Waals surface area contributed by atoms with Crippen molar-refractivity contribution in [3.05, 3.63) is 40.6 Å². The van der Waals surface area contributed by atoms with Crippen molar-refractivity contribution in [3.8, 4) is 0 Å². The number of hydrogen-bond acceptors (Lipinski definition) is 3. The molecule has 1 saturated heterocycles. The summed E-state index contributed by atoms with van der Waals surface area (Å²) < 4.78 is 13.9. The van der Waals surface area contributed by atoms with E-state index in [0.717, 1.165) is 6.07 Å². The highest BCUT2D eigenvalue weighted by molar-refractivity contribution is 9.10. The smallest absolute Gasteiger partial charge is 0.256 e. The van der Waals surface area contributed by atoms with Gasteiger partial charge in [-0.1, -0.05) is 6.58 Å². The first-order valence-corrected chi connectivity index (χ1v) is 7.61. The highest BCUT2D eigenvalue weighted by Gasteiger charge is 2.30. The molecule has 1 atom stereocenters. The summed E-state index contributed by atoms with van der Waals surface area (Å²) >= 11 is 3.14. The predicted molar refractivity (Wildman–Crippen MR) is 85.8 cm³/mol. The van der Waals surface area contributed by atoms with Gasteiger partial charge >= 0.3 is 0 Å². The first-order valence-electron chi connectivity index (χ1n) is 6.82. The van der Waals surface area contributed by atoms with Crippen molar-refractivity contribution in [1.29, 1.82) is 0 Å². The van der Waals surface area contributed by atoms with Crippen LogP contribution in [0.1, 0.15) is 17.3 Å². The number of piperazine rings is 1. The fourth-order valence-electron chi connectivity index (χ4n) is 2.51. The summed E-state index contributed by atoms with van der Waals surface area (Å²) in [4.78, 5) is 27.5. The van der Waals surface area contributed by atoms with Crippen molar-refractivity contribution < 1.29 is 14.0 Å². The van der Waals surface area contributed by atoms with Gasteiger partial charge in [0.1, 0.15) is 5.82 Å². The third-order valence-corrected chi connectivity index (χ3v) is 4.36. The van der Waals surface area contributed by atoms with Crippen LogP contribution in [-0.4, -0.2) is 47.3 Å². The van der Waals surface area contributed by atoms with Crippen LogP contribution in [0, 0.1) is 5.82 Å². The maximum atomic E-state index is 13.5. The molecule has 0 spiro atoms. The third kappa shape index (κ3) is 3.14. The Kier molecular flexibility index (Phi) is 4.85. The molecule has 2 rings (SSSR count). The van der Waals surface area contributed by atoms with Crippen LogP contribution in [-0.2, 0) is 4.79 Å². The standard InChI is InChI=1S/C15H17BrFN3O2/c1-3-13(21)19-4-5-20(9(2)8-19)15(22)11-6-10(17)7-12(16)14(11)18/h3,6-7,9H,1,4-5,8,18H2,2H3/t9-/m0/s1. The molecular weight excluding hydrogens is 353 g/mol. The van der Waals surface area contributed by atoms with E-state index in [4.69, 9.17) is 5.73 Å². The number of nitrogens with zero attached hydrogens (tertiary/aromatic N) is 2. The minimum Gasteiger partial charge on any atom is -0.397 e. The molecule has 1 fully saturated rings. The Bertz CT molecular complexity index is 635. The largest absolute Gasteiger partial charge is 0.397 e. The Morgan fingerprint density at radius 1 is 1.45 bits per heavy atom. The van der Waals surface area contributed by atoms with Gasteiger partial charge in [0, 0.05) is 30.1 Å². The fraction of sp³-hybridized carbons (Fsp3) is 0.333. The number of carbonyl (C=O) groups is 2. The minimum absolute atomic E-state index is 0.127. The first kappa shape index (κ1) is 16.5. The molecule has 2 N–H and O–H groups in total. The molecule has 0 saturated carbocycles. The molecule has 1 aromatic carbocycles. The number of rotatable bonds is 2. The van der Waals surface area contributed by atoms with Crippen LogP contribution < -0.4 is 5.73 Å². The molecule has 1 aliphatic heterocycles. The van der Waals surface area contributed by atoms with Crippen molar-refractivity contribution in [3.63, 3.8) is 0 Å². The van der Waals surface area contributed by atoms with E-state index >= 15 is 0 Å². The SMILES string of the molecule is C=CC(=O)N1CCN(C(=O)c2cc(F)cc(Br)c2N)[C@@H](C)C1. The van der Waals surface area contributed by atoms with Gasteiger partial charge in [0.2, 0.25) is 5.91 Å². The van der Waals surface area contributed by atoms with Crippen molar-refractivity contribution in [1.82, 2.24) is 9.80 Å². The van der Waals surface area contributed by atoms with Gasteiger partial charge in [0.05, 0.1) is 11.3 Å². The zero-order chi connectivity index (χ0) is 16.4. The molecule has 7 heteroatoms. The van der Waals surface area contributed by atoms with E-state index in [9.17, 15) is 14.0 Å². The molecular formula is C15H17BrFN3O2. The number of nitrogens with two attached hydrogens (primary N) is 1. The van der Waals surface area contributed by atoms with Gasteiger partial charge in [0.15, 0.2) is 0 Å². The summed E-state index contributed by atoms with van der Waals surface area (Å²) in [6, 6.07) is 2.17. The van der Waals surface area contributed by atoms with Crippen LogP contribution in [0.15, 0.2) is 29.3 Å². The summed E-state index contributed by atoms with van der Waals surface area (Å²) in [6.07, 6.45) is 1.26. The molecule has 0 aliphatic carbocycles. The normalized spacial score (nSPS) is 18.2. The van der Waals surface area contributed by atoms with Crippen LogP contribution in [0.2, 0.25) is 0 Å². The van der Waals surface area contributed by atoms with E-state index in [0.29, 0.717) is 24.1 Å². The van der Waals surface area contributed by atoms with E-state index in [2.05, 4.69) is 22.5 Å². The lowest BCUT2D eigenvalue weighted by molar-refractivity contribution is -0.128. The molecule has 0 radical (unpaired) electrons. The highest BCUT2D eigenvalue weighted by Crippen LogP contribution is 2.27. The number of hydrogen-bond donors (Lipinski definition) is 1. The van der Waals surface area contributed by atoms with E-state index in [1.807, 2.05) is 6.92 Å². The highest BCUT2D eigenvalue weighted by atomic mass is 79.9. The van der Waals surface area contributed by atoms with Gasteiger partial charge in [-0.25, -0.2) is 4.39 Å². The van der Waals surface area contributed by atoms with Gasteiger partial charge < -0.3 is 15.5 Å². The lowest BCUT2D eigenvalue weighted by Crippen LogP contribution is -2.55. The van der Waals surface area contributed by atoms with Crippen molar-refractivity contribution >= 4 is 33.4 Å². The molecule has 0 unspecified atom stereocenters. The zero-order valence-corrected chi connectivity index (χ0v) is 13.8. The maximum absolute atomic E-state index is 13.5. The number of benzene rings is 1. The van der Waals surface area contributed by atoms with Crippen LogP contribution in [0.5, 0.6) is 0 Å². The number of halogens is 2. The van der Waals surface area contributed by atoms with Gasteiger partial charge in [-0.2, -0.15) is 0 Å². The van der Waals surface area contributed by atoms with E-state index < -0.39 is 5.82 Å². The molecule has 1 aliphatic rings. The topological polar surface area (TPSA) is 66.6 Å². The monoisotopic (exact) mass is 369 g/mol. The second-order valence-electron chi connectivity index (χ2n) is 5.18. The summed E-state index contributed by atoms with van der Waals surface area (Å²) in [7, 11) is 0. The van der Waals surface area contributed by atoms with E-state index in [-0.39, 0.29) is 29.1 Å². The van der Waals surface area contributed by atoms with Crippen molar-refractivity contribution in [2.45, 2.75) is 13.0 Å². The Hall–Kier alpha value is -1.89. The van der Waals surface area contributed by atoms with Gasteiger partial charge in [-0.15, -0.1) is 0 Å². The molecule has 118 valence electrons. The molecule has 0 bridgehead atoms. The van der Waals surface area contributed by atoms with Gasteiger partial charge in [0.25, 0.3) is 5.91 Å². The summed E-state index contributed by atoms with van der Waals surface area (Å²) in [5, 5.41) is 0. The summed E-state index contributed by atoms with van der Waals surface area (Å²) in [6.45, 7) is 6.49. The third-order valence-electron chi connectivity index (χ3n) is 3.70. The zero-order valence-electron chi connectivity index (χ0n) is 12.2. The van der Waals surface area contributed by atoms with Crippen LogP contribution in [0.3, 0.4) is 0 Å². The summed E-state index contributed by atoms with van der Waals surface area (Å²) in [5.41, 5.74) is 6.20. The predicted octanol–water partition coefficient (Wildman–Crippen LogP) is 2.03. The molecule has 1 aromatic rings. The Morgan fingerprint density at radius 2 is 2.14 bits per heavy atom. The maximum Gasteiger partial charge on any atom is 0.256 e. The van der Waals surface area contributed by atoms with Gasteiger partial charge in [-0.3, -0.25) is 9.59 Å². The van der Waals surface area contributed by atoms with E-state index in [1.54, 1.807) is 9.80 Å². The average Bonchev–Trinajstić information content (AvgIpc) is 2.49. The number of amides is 2. The van der Waals surface area contributed by atoms with E-state index in [1.165, 1.54) is 12.1 Å². The molecule has 0 aromatic heterocycles. The van der Waals surface area contributed by atoms with Crippen LogP contribution >= 0.6 is 15.9 Å². The second-order valence-corrected chi connectivity index (χ2v) is 6.04. The molecule has 5 nitrogen and oxygen atoms in total. The minimum atomic E-state index is -0.530. The van der Waals surface area contributed by atoms with Crippen LogP contribution in [0.4, 0.5) is 10.1 Å². The quantitative estimate of drug-likeness (QED) is 0.640. The Labute approximate surface area is 136 Å². The first-order chi connectivity index (χ1) is 10.3.